The standard InChI is InChI=1S/C23H28N2O4/c1-22(2,3)29-21(27)24-12-13-28-17-10-11-18-19(14-17)23(4,25-20(18)26)15-16-8-6-5-7-9-16/h5-11,14H,12-13,15H2,1-4H3,(H,24,27)(H,25,26). The van der Waals surface area contributed by atoms with Crippen LogP contribution in [0.15, 0.2) is 48.5 Å². The molecule has 1 aliphatic heterocycles. The van der Waals surface area contributed by atoms with Crippen LogP contribution in [0, 0.1) is 0 Å². The lowest BCUT2D eigenvalue weighted by Crippen LogP contribution is -2.38. The van der Waals surface area contributed by atoms with Gasteiger partial charge < -0.3 is 20.1 Å². The first-order valence-electron chi connectivity index (χ1n) is 9.77. The smallest absolute Gasteiger partial charge is 0.407 e. The molecule has 2 amide bonds. The summed E-state index contributed by atoms with van der Waals surface area (Å²) in [5.74, 6) is 0.585. The molecule has 3 rings (SSSR count). The van der Waals surface area contributed by atoms with Crippen LogP contribution in [-0.2, 0) is 16.7 Å². The lowest BCUT2D eigenvalue weighted by molar-refractivity contribution is 0.0520. The van der Waals surface area contributed by atoms with E-state index >= 15 is 0 Å². The quantitative estimate of drug-likeness (QED) is 0.729. The molecule has 1 atom stereocenters. The highest BCUT2D eigenvalue weighted by molar-refractivity contribution is 6.00. The summed E-state index contributed by atoms with van der Waals surface area (Å²) in [6.45, 7) is 8.09. The van der Waals surface area contributed by atoms with E-state index in [1.165, 1.54) is 0 Å². The molecule has 1 heterocycles. The third-order valence-corrected chi connectivity index (χ3v) is 4.66. The second-order valence-corrected chi connectivity index (χ2v) is 8.43. The van der Waals surface area contributed by atoms with Gasteiger partial charge in [0.25, 0.3) is 5.91 Å². The summed E-state index contributed by atoms with van der Waals surface area (Å²) in [4.78, 5) is 24.1. The van der Waals surface area contributed by atoms with Gasteiger partial charge in [-0.25, -0.2) is 4.79 Å². The van der Waals surface area contributed by atoms with Crippen LogP contribution in [0.5, 0.6) is 5.75 Å². The van der Waals surface area contributed by atoms with E-state index in [1.807, 2.05) is 52.0 Å². The van der Waals surface area contributed by atoms with Crippen LogP contribution in [-0.4, -0.2) is 30.8 Å². The Hall–Kier alpha value is -3.02. The molecule has 6 nitrogen and oxygen atoms in total. The maximum absolute atomic E-state index is 12.4. The van der Waals surface area contributed by atoms with Crippen molar-refractivity contribution >= 4 is 12.0 Å². The Morgan fingerprint density at radius 2 is 1.86 bits per heavy atom. The number of amides is 2. The molecule has 2 aromatic carbocycles. The van der Waals surface area contributed by atoms with Gasteiger partial charge in [0.2, 0.25) is 0 Å². The summed E-state index contributed by atoms with van der Waals surface area (Å²) in [6, 6.07) is 15.5. The molecule has 2 aromatic rings. The molecule has 0 saturated carbocycles. The Morgan fingerprint density at radius 3 is 2.55 bits per heavy atom. The molecule has 0 aliphatic carbocycles. The molecule has 0 fully saturated rings. The molecule has 0 aromatic heterocycles. The minimum Gasteiger partial charge on any atom is -0.492 e. The first kappa shape index (κ1) is 20.7. The molecule has 0 spiro atoms. The van der Waals surface area contributed by atoms with Crippen molar-refractivity contribution in [2.45, 2.75) is 45.3 Å². The second-order valence-electron chi connectivity index (χ2n) is 8.43. The monoisotopic (exact) mass is 396 g/mol. The van der Waals surface area contributed by atoms with Gasteiger partial charge in [0, 0.05) is 5.56 Å². The highest BCUT2D eigenvalue weighted by atomic mass is 16.6. The summed E-state index contributed by atoms with van der Waals surface area (Å²) in [6.07, 6.45) is 0.219. The van der Waals surface area contributed by atoms with Gasteiger partial charge in [0.05, 0.1) is 12.1 Å². The first-order valence-corrected chi connectivity index (χ1v) is 9.77. The highest BCUT2D eigenvalue weighted by Gasteiger charge is 2.39. The fraction of sp³-hybridized carbons (Fsp3) is 0.391. The summed E-state index contributed by atoms with van der Waals surface area (Å²) in [5, 5.41) is 5.77. The van der Waals surface area contributed by atoms with Crippen molar-refractivity contribution in [3.05, 3.63) is 65.2 Å². The molecule has 0 radical (unpaired) electrons. The maximum Gasteiger partial charge on any atom is 0.407 e. The molecule has 1 unspecified atom stereocenters. The Morgan fingerprint density at radius 1 is 1.14 bits per heavy atom. The van der Waals surface area contributed by atoms with E-state index in [-0.39, 0.29) is 5.91 Å². The van der Waals surface area contributed by atoms with Gasteiger partial charge in [0.1, 0.15) is 18.0 Å². The van der Waals surface area contributed by atoms with Crippen LogP contribution in [0.1, 0.15) is 49.2 Å². The van der Waals surface area contributed by atoms with Gasteiger partial charge in [-0.05, 0) is 63.4 Å². The molecule has 6 heteroatoms. The Kier molecular flexibility index (Phi) is 5.82. The molecular weight excluding hydrogens is 368 g/mol. The van der Waals surface area contributed by atoms with Gasteiger partial charge >= 0.3 is 6.09 Å². The Labute approximate surface area is 171 Å². The zero-order valence-corrected chi connectivity index (χ0v) is 17.4. The molecule has 0 saturated heterocycles. The van der Waals surface area contributed by atoms with Crippen molar-refractivity contribution in [3.63, 3.8) is 0 Å². The van der Waals surface area contributed by atoms with Crippen molar-refractivity contribution in [1.29, 1.82) is 0 Å². The maximum atomic E-state index is 12.4. The predicted molar refractivity (Wildman–Crippen MR) is 111 cm³/mol. The lowest BCUT2D eigenvalue weighted by atomic mass is 9.86. The summed E-state index contributed by atoms with van der Waals surface area (Å²) < 4.78 is 11.0. The van der Waals surface area contributed by atoms with Crippen molar-refractivity contribution < 1.29 is 19.1 Å². The molecule has 29 heavy (non-hydrogen) atoms. The van der Waals surface area contributed by atoms with Crippen LogP contribution < -0.4 is 15.4 Å². The topological polar surface area (TPSA) is 76.7 Å². The number of carbonyl (C=O) groups excluding carboxylic acids is 2. The predicted octanol–water partition coefficient (Wildman–Crippen LogP) is 3.79. The van der Waals surface area contributed by atoms with Crippen molar-refractivity contribution in [3.8, 4) is 5.75 Å². The first-order chi connectivity index (χ1) is 13.7. The van der Waals surface area contributed by atoms with E-state index in [1.54, 1.807) is 12.1 Å². The SMILES string of the molecule is CC(C)(C)OC(=O)NCCOc1ccc2c(c1)C(C)(Cc1ccccc1)NC2=O. The fourth-order valence-electron chi connectivity index (χ4n) is 3.43. The number of alkyl carbamates (subject to hydrolysis) is 1. The van der Waals surface area contributed by atoms with Gasteiger partial charge in [0.15, 0.2) is 0 Å². The van der Waals surface area contributed by atoms with E-state index in [0.29, 0.717) is 30.9 Å². The third-order valence-electron chi connectivity index (χ3n) is 4.66. The summed E-state index contributed by atoms with van der Waals surface area (Å²) >= 11 is 0. The molecular formula is C23H28N2O4. The summed E-state index contributed by atoms with van der Waals surface area (Å²) in [7, 11) is 0. The second kappa shape index (κ2) is 8.15. The third kappa shape index (κ3) is 5.28. The summed E-state index contributed by atoms with van der Waals surface area (Å²) in [5.41, 5.74) is 1.71. The van der Waals surface area contributed by atoms with Crippen molar-refractivity contribution in [1.82, 2.24) is 10.6 Å². The zero-order chi connectivity index (χ0) is 21.1. The number of benzene rings is 2. The van der Waals surface area contributed by atoms with E-state index in [2.05, 4.69) is 22.8 Å². The minimum atomic E-state index is -0.534. The largest absolute Gasteiger partial charge is 0.492 e. The van der Waals surface area contributed by atoms with Crippen LogP contribution in [0.4, 0.5) is 4.79 Å². The number of carbonyl (C=O) groups is 2. The number of rotatable bonds is 6. The molecule has 154 valence electrons. The number of fused-ring (bicyclic) bond motifs is 1. The number of hydrogen-bond donors (Lipinski definition) is 2. The van der Waals surface area contributed by atoms with Gasteiger partial charge in [-0.15, -0.1) is 0 Å². The number of hydrogen-bond acceptors (Lipinski definition) is 4. The highest BCUT2D eigenvalue weighted by Crippen LogP contribution is 2.36. The number of ether oxygens (including phenoxy) is 2. The van der Waals surface area contributed by atoms with Crippen molar-refractivity contribution in [2.75, 3.05) is 13.2 Å². The average molecular weight is 396 g/mol. The Bertz CT molecular complexity index is 889. The Balaban J connectivity index is 1.63. The minimum absolute atomic E-state index is 0.0726. The van der Waals surface area contributed by atoms with E-state index in [0.717, 1.165) is 11.1 Å². The lowest BCUT2D eigenvalue weighted by Gasteiger charge is -2.26. The average Bonchev–Trinajstić information content (AvgIpc) is 2.88. The van der Waals surface area contributed by atoms with Gasteiger partial charge in [-0.1, -0.05) is 30.3 Å². The zero-order valence-electron chi connectivity index (χ0n) is 17.4. The molecule has 1 aliphatic rings. The van der Waals surface area contributed by atoms with Gasteiger partial charge in [-0.2, -0.15) is 0 Å². The van der Waals surface area contributed by atoms with E-state index in [4.69, 9.17) is 9.47 Å². The number of nitrogens with one attached hydrogen (secondary N) is 2. The molecule has 2 N–H and O–H groups in total. The van der Waals surface area contributed by atoms with Crippen LogP contribution >= 0.6 is 0 Å². The van der Waals surface area contributed by atoms with Crippen LogP contribution in [0.3, 0.4) is 0 Å². The van der Waals surface area contributed by atoms with E-state index in [9.17, 15) is 9.59 Å². The van der Waals surface area contributed by atoms with Crippen molar-refractivity contribution in [2.24, 2.45) is 0 Å². The molecule has 0 bridgehead atoms. The normalized spacial score (nSPS) is 18.0. The van der Waals surface area contributed by atoms with Gasteiger partial charge in [-0.3, -0.25) is 4.79 Å². The van der Waals surface area contributed by atoms with Crippen LogP contribution in [0.25, 0.3) is 0 Å². The van der Waals surface area contributed by atoms with Crippen LogP contribution in [0.2, 0.25) is 0 Å². The van der Waals surface area contributed by atoms with E-state index < -0.39 is 17.2 Å². The fourth-order valence-corrected chi connectivity index (χ4v) is 3.43.